The quantitative estimate of drug-likeness (QED) is 0.697. The van der Waals surface area contributed by atoms with E-state index >= 15 is 0 Å². The molecule has 0 saturated heterocycles. The van der Waals surface area contributed by atoms with Crippen molar-refractivity contribution in [2.45, 2.75) is 33.1 Å². The van der Waals surface area contributed by atoms with Gasteiger partial charge in [0.1, 0.15) is 0 Å². The van der Waals surface area contributed by atoms with Crippen molar-refractivity contribution >= 4 is 11.5 Å². The number of carbonyl (C=O) groups is 1. The highest BCUT2D eigenvalue weighted by atomic mass is 16.1. The summed E-state index contributed by atoms with van der Waals surface area (Å²) >= 11 is 0. The first kappa shape index (κ1) is 13.8. The molecule has 17 heavy (non-hydrogen) atoms. The lowest BCUT2D eigenvalue weighted by Crippen LogP contribution is -2.11. The summed E-state index contributed by atoms with van der Waals surface area (Å²) < 4.78 is 0. The highest BCUT2D eigenvalue weighted by Gasteiger charge is 2.11. The maximum absolute atomic E-state index is 12.1. The van der Waals surface area contributed by atoms with Crippen molar-refractivity contribution in [3.63, 3.8) is 0 Å². The molecule has 0 fully saturated rings. The van der Waals surface area contributed by atoms with Gasteiger partial charge in [0, 0.05) is 31.8 Å². The Morgan fingerprint density at radius 2 is 2.06 bits per heavy atom. The Kier molecular flexibility index (Phi) is 5.20. The number of rotatable bonds is 6. The van der Waals surface area contributed by atoms with E-state index in [1.165, 1.54) is 0 Å². The molecule has 0 aliphatic heterocycles. The van der Waals surface area contributed by atoms with E-state index in [2.05, 4.69) is 13.8 Å². The molecular formula is C15H23NO. The summed E-state index contributed by atoms with van der Waals surface area (Å²) in [5.41, 5.74) is 1.91. The number of anilines is 1. The van der Waals surface area contributed by atoms with Gasteiger partial charge in [0.15, 0.2) is 5.78 Å². The fourth-order valence-corrected chi connectivity index (χ4v) is 1.99. The van der Waals surface area contributed by atoms with Crippen LogP contribution in [0.15, 0.2) is 24.3 Å². The predicted octanol–water partition coefficient (Wildman–Crippen LogP) is 3.76. The normalized spacial score (nSPS) is 12.2. The van der Waals surface area contributed by atoms with E-state index < -0.39 is 0 Å². The zero-order chi connectivity index (χ0) is 12.8. The van der Waals surface area contributed by atoms with E-state index in [9.17, 15) is 4.79 Å². The number of nitrogens with zero attached hydrogens (tertiary/aromatic N) is 1. The number of ketones is 1. The average molecular weight is 233 g/mol. The van der Waals surface area contributed by atoms with Gasteiger partial charge in [-0.2, -0.15) is 0 Å². The van der Waals surface area contributed by atoms with Gasteiger partial charge < -0.3 is 4.90 Å². The fraction of sp³-hybridized carbons (Fsp3) is 0.533. The molecule has 1 rings (SSSR count). The van der Waals surface area contributed by atoms with Crippen molar-refractivity contribution in [1.29, 1.82) is 0 Å². The third kappa shape index (κ3) is 4.22. The molecule has 0 heterocycles. The summed E-state index contributed by atoms with van der Waals surface area (Å²) in [6, 6.07) is 7.86. The van der Waals surface area contributed by atoms with Crippen LogP contribution < -0.4 is 4.90 Å². The molecule has 2 nitrogen and oxygen atoms in total. The Balaban J connectivity index is 2.72. The zero-order valence-corrected chi connectivity index (χ0v) is 11.4. The standard InChI is InChI=1S/C15H23NO/c1-5-7-12(2)10-15(17)13-8-6-9-14(11-13)16(3)4/h6,8-9,11-12H,5,7,10H2,1-4H3. The zero-order valence-electron chi connectivity index (χ0n) is 11.4. The maximum atomic E-state index is 12.1. The second-order valence-electron chi connectivity index (χ2n) is 4.97. The molecule has 0 N–H and O–H groups in total. The van der Waals surface area contributed by atoms with Crippen molar-refractivity contribution in [1.82, 2.24) is 0 Å². The van der Waals surface area contributed by atoms with Crippen LogP contribution in [0.5, 0.6) is 0 Å². The molecule has 94 valence electrons. The summed E-state index contributed by atoms with van der Waals surface area (Å²) in [6.45, 7) is 4.31. The largest absolute Gasteiger partial charge is 0.378 e. The first-order valence-corrected chi connectivity index (χ1v) is 6.35. The lowest BCUT2D eigenvalue weighted by molar-refractivity contribution is 0.0962. The van der Waals surface area contributed by atoms with Gasteiger partial charge in [-0.15, -0.1) is 0 Å². The van der Waals surface area contributed by atoms with Crippen molar-refractivity contribution in [2.75, 3.05) is 19.0 Å². The molecule has 0 aliphatic rings. The molecule has 0 aliphatic carbocycles. The van der Waals surface area contributed by atoms with Crippen molar-refractivity contribution in [3.05, 3.63) is 29.8 Å². The van der Waals surface area contributed by atoms with E-state index in [1.54, 1.807) is 0 Å². The molecule has 0 bridgehead atoms. The molecule has 0 aromatic heterocycles. The number of hydrogen-bond acceptors (Lipinski definition) is 2. The molecule has 1 aromatic rings. The number of carbonyl (C=O) groups excluding carboxylic acids is 1. The molecule has 0 spiro atoms. The molecule has 0 radical (unpaired) electrons. The number of Topliss-reactive ketones (excluding diaryl/α,β-unsaturated/α-hetero) is 1. The van der Waals surface area contributed by atoms with Crippen LogP contribution in [0, 0.1) is 5.92 Å². The first-order chi connectivity index (χ1) is 8.04. The lowest BCUT2D eigenvalue weighted by Gasteiger charge is -2.14. The van der Waals surface area contributed by atoms with E-state index in [0.717, 1.165) is 24.1 Å². The molecule has 2 heteroatoms. The maximum Gasteiger partial charge on any atom is 0.163 e. The predicted molar refractivity (Wildman–Crippen MR) is 73.8 cm³/mol. The van der Waals surface area contributed by atoms with Gasteiger partial charge in [0.05, 0.1) is 0 Å². The van der Waals surface area contributed by atoms with Gasteiger partial charge in [0.25, 0.3) is 0 Å². The van der Waals surface area contributed by atoms with Gasteiger partial charge in [-0.3, -0.25) is 4.79 Å². The molecular weight excluding hydrogens is 210 g/mol. The van der Waals surface area contributed by atoms with Gasteiger partial charge in [-0.1, -0.05) is 38.8 Å². The van der Waals surface area contributed by atoms with E-state index in [-0.39, 0.29) is 5.78 Å². The Morgan fingerprint density at radius 3 is 2.65 bits per heavy atom. The lowest BCUT2D eigenvalue weighted by atomic mass is 9.96. The highest BCUT2D eigenvalue weighted by molar-refractivity contribution is 5.97. The molecule has 0 saturated carbocycles. The highest BCUT2D eigenvalue weighted by Crippen LogP contribution is 2.18. The van der Waals surface area contributed by atoms with E-state index in [4.69, 9.17) is 0 Å². The van der Waals surface area contributed by atoms with Crippen LogP contribution in [0.4, 0.5) is 5.69 Å². The average Bonchev–Trinajstić information content (AvgIpc) is 2.29. The van der Waals surface area contributed by atoms with Gasteiger partial charge in [-0.05, 0) is 18.1 Å². The van der Waals surface area contributed by atoms with E-state index in [0.29, 0.717) is 12.3 Å². The number of benzene rings is 1. The van der Waals surface area contributed by atoms with Crippen molar-refractivity contribution in [2.24, 2.45) is 5.92 Å². The van der Waals surface area contributed by atoms with E-state index in [1.807, 2.05) is 43.3 Å². The van der Waals surface area contributed by atoms with Crippen LogP contribution in [-0.2, 0) is 0 Å². The fourth-order valence-electron chi connectivity index (χ4n) is 1.99. The van der Waals surface area contributed by atoms with Crippen LogP contribution in [0.3, 0.4) is 0 Å². The number of hydrogen-bond donors (Lipinski definition) is 0. The Bertz CT molecular complexity index is 371. The minimum Gasteiger partial charge on any atom is -0.378 e. The summed E-state index contributed by atoms with van der Waals surface area (Å²) in [4.78, 5) is 14.1. The van der Waals surface area contributed by atoms with Crippen LogP contribution in [0.25, 0.3) is 0 Å². The summed E-state index contributed by atoms with van der Waals surface area (Å²) in [7, 11) is 3.98. The third-order valence-electron chi connectivity index (χ3n) is 3.00. The minimum absolute atomic E-state index is 0.259. The van der Waals surface area contributed by atoms with Crippen molar-refractivity contribution in [3.8, 4) is 0 Å². The van der Waals surface area contributed by atoms with Crippen LogP contribution in [0.2, 0.25) is 0 Å². The molecule has 0 amide bonds. The Labute approximate surface area is 105 Å². The monoisotopic (exact) mass is 233 g/mol. The summed E-state index contributed by atoms with van der Waals surface area (Å²) in [5, 5.41) is 0. The van der Waals surface area contributed by atoms with Crippen molar-refractivity contribution < 1.29 is 4.79 Å². The Hall–Kier alpha value is -1.31. The summed E-state index contributed by atoms with van der Waals surface area (Å²) in [6.07, 6.45) is 2.93. The topological polar surface area (TPSA) is 20.3 Å². The minimum atomic E-state index is 0.259. The first-order valence-electron chi connectivity index (χ1n) is 6.35. The Morgan fingerprint density at radius 1 is 1.35 bits per heavy atom. The second-order valence-corrected chi connectivity index (χ2v) is 4.97. The third-order valence-corrected chi connectivity index (χ3v) is 3.00. The SMILES string of the molecule is CCCC(C)CC(=O)c1cccc(N(C)C)c1. The molecule has 1 unspecified atom stereocenters. The van der Waals surface area contributed by atoms with Gasteiger partial charge >= 0.3 is 0 Å². The summed E-state index contributed by atoms with van der Waals surface area (Å²) in [5.74, 6) is 0.741. The van der Waals surface area contributed by atoms with Crippen LogP contribution >= 0.6 is 0 Å². The van der Waals surface area contributed by atoms with Crippen LogP contribution in [0.1, 0.15) is 43.5 Å². The van der Waals surface area contributed by atoms with Gasteiger partial charge in [0.2, 0.25) is 0 Å². The van der Waals surface area contributed by atoms with Gasteiger partial charge in [-0.25, -0.2) is 0 Å². The van der Waals surface area contributed by atoms with Crippen LogP contribution in [-0.4, -0.2) is 19.9 Å². The smallest absolute Gasteiger partial charge is 0.163 e. The molecule has 1 atom stereocenters. The molecule has 1 aromatic carbocycles. The second kappa shape index (κ2) is 6.43.